The molecule has 1 aromatic carbocycles. The molecule has 3 fully saturated rings. The number of carbonyl (C=O) groups is 3. The zero-order valence-electron chi connectivity index (χ0n) is 17.3. The van der Waals surface area contributed by atoms with Gasteiger partial charge in [-0.1, -0.05) is 25.7 Å². The maximum Gasteiger partial charge on any atom is 0.407 e. The van der Waals surface area contributed by atoms with Gasteiger partial charge in [0.15, 0.2) is 0 Å². The van der Waals surface area contributed by atoms with Crippen LogP contribution in [0.5, 0.6) is 0 Å². The second kappa shape index (κ2) is 9.20. The largest absolute Gasteiger partial charge is 0.442 e. The first kappa shape index (κ1) is 21.5. The Balaban J connectivity index is 1.32. The van der Waals surface area contributed by atoms with Gasteiger partial charge in [-0.05, 0) is 31.4 Å². The SMILES string of the molecule is O=C1CCC(c2c(F)cc(N3CC(OC(=O)NC4CCCCCC4)C3)cc2F)C(=O)N1. The van der Waals surface area contributed by atoms with Gasteiger partial charge in [0.2, 0.25) is 11.8 Å². The van der Waals surface area contributed by atoms with E-state index in [1.165, 1.54) is 25.0 Å². The topological polar surface area (TPSA) is 87.7 Å². The van der Waals surface area contributed by atoms with Crippen molar-refractivity contribution in [3.63, 3.8) is 0 Å². The minimum atomic E-state index is -1.02. The lowest BCUT2D eigenvalue weighted by Crippen LogP contribution is -2.54. The molecule has 1 unspecified atom stereocenters. The predicted molar refractivity (Wildman–Crippen MR) is 109 cm³/mol. The van der Waals surface area contributed by atoms with Crippen LogP contribution in [0.4, 0.5) is 19.3 Å². The van der Waals surface area contributed by atoms with Crippen molar-refractivity contribution in [3.05, 3.63) is 29.3 Å². The summed E-state index contributed by atoms with van der Waals surface area (Å²) in [7, 11) is 0. The van der Waals surface area contributed by atoms with Gasteiger partial charge < -0.3 is 15.0 Å². The van der Waals surface area contributed by atoms with E-state index >= 15 is 0 Å². The van der Waals surface area contributed by atoms with E-state index in [2.05, 4.69) is 10.6 Å². The molecule has 2 heterocycles. The highest BCUT2D eigenvalue weighted by Gasteiger charge is 2.35. The van der Waals surface area contributed by atoms with Gasteiger partial charge in [-0.15, -0.1) is 0 Å². The molecule has 3 aliphatic rings. The molecule has 1 atom stereocenters. The second-order valence-electron chi connectivity index (χ2n) is 8.59. The third kappa shape index (κ3) is 4.97. The standard InChI is InChI=1S/C22H27F2N3O4/c23-17-9-14(10-18(24)20(17)16-7-8-19(28)26-21(16)29)27-11-15(12-27)31-22(30)25-13-5-3-1-2-4-6-13/h9-10,13,15-16H,1-8,11-12H2,(H,25,30)(H,26,28,29). The van der Waals surface area contributed by atoms with Gasteiger partial charge in [-0.2, -0.15) is 0 Å². The highest BCUT2D eigenvalue weighted by atomic mass is 19.1. The van der Waals surface area contributed by atoms with Crippen molar-refractivity contribution in [3.8, 4) is 0 Å². The van der Waals surface area contributed by atoms with Crippen molar-refractivity contribution >= 4 is 23.6 Å². The van der Waals surface area contributed by atoms with E-state index in [1.54, 1.807) is 4.90 Å². The Hall–Kier alpha value is -2.71. The molecule has 4 rings (SSSR count). The van der Waals surface area contributed by atoms with Gasteiger partial charge >= 0.3 is 6.09 Å². The molecule has 1 aromatic rings. The van der Waals surface area contributed by atoms with Crippen LogP contribution in [0.15, 0.2) is 12.1 Å². The van der Waals surface area contributed by atoms with Crippen molar-refractivity contribution in [2.24, 2.45) is 0 Å². The van der Waals surface area contributed by atoms with E-state index in [-0.39, 0.29) is 30.6 Å². The van der Waals surface area contributed by atoms with Gasteiger partial charge in [-0.3, -0.25) is 14.9 Å². The number of anilines is 1. The summed E-state index contributed by atoms with van der Waals surface area (Å²) >= 11 is 0. The monoisotopic (exact) mass is 435 g/mol. The zero-order valence-corrected chi connectivity index (χ0v) is 17.3. The number of halogens is 2. The van der Waals surface area contributed by atoms with Crippen molar-refractivity contribution in [2.75, 3.05) is 18.0 Å². The van der Waals surface area contributed by atoms with Crippen molar-refractivity contribution < 1.29 is 27.9 Å². The summed E-state index contributed by atoms with van der Waals surface area (Å²) < 4.78 is 34.7. The van der Waals surface area contributed by atoms with Gasteiger partial charge in [0.25, 0.3) is 0 Å². The number of rotatable bonds is 4. The molecule has 3 amide bonds. The smallest absolute Gasteiger partial charge is 0.407 e. The average molecular weight is 435 g/mol. The lowest BCUT2D eigenvalue weighted by atomic mass is 9.89. The Kier molecular flexibility index (Phi) is 6.38. The molecular weight excluding hydrogens is 408 g/mol. The summed E-state index contributed by atoms with van der Waals surface area (Å²) in [6.45, 7) is 0.684. The molecule has 2 N–H and O–H groups in total. The van der Waals surface area contributed by atoms with Crippen LogP contribution in [-0.4, -0.2) is 43.1 Å². The summed E-state index contributed by atoms with van der Waals surface area (Å²) in [5, 5.41) is 5.04. The number of ether oxygens (including phenoxy) is 1. The molecule has 9 heteroatoms. The third-order valence-electron chi connectivity index (χ3n) is 6.32. The molecule has 0 bridgehead atoms. The van der Waals surface area contributed by atoms with Gasteiger partial charge in [0.1, 0.15) is 17.7 Å². The van der Waals surface area contributed by atoms with E-state index in [1.807, 2.05) is 0 Å². The van der Waals surface area contributed by atoms with E-state index in [4.69, 9.17) is 4.74 Å². The maximum absolute atomic E-state index is 14.7. The molecular formula is C22H27F2N3O4. The number of benzene rings is 1. The highest BCUT2D eigenvalue weighted by Crippen LogP contribution is 2.33. The van der Waals surface area contributed by atoms with Crippen LogP contribution in [0.2, 0.25) is 0 Å². The van der Waals surface area contributed by atoms with E-state index < -0.39 is 35.5 Å². The number of nitrogens with one attached hydrogen (secondary N) is 2. The number of piperidine rings is 1. The number of hydrogen-bond acceptors (Lipinski definition) is 5. The van der Waals surface area contributed by atoms with E-state index in [0.717, 1.165) is 25.7 Å². The molecule has 1 aliphatic carbocycles. The summed E-state index contributed by atoms with van der Waals surface area (Å²) in [4.78, 5) is 37.1. The second-order valence-corrected chi connectivity index (χ2v) is 8.59. The molecule has 2 aliphatic heterocycles. The summed E-state index contributed by atoms with van der Waals surface area (Å²) in [5.41, 5.74) is 0.0138. The normalized spacial score (nSPS) is 23.0. The van der Waals surface area contributed by atoms with Crippen molar-refractivity contribution in [2.45, 2.75) is 69.4 Å². The maximum atomic E-state index is 14.7. The molecule has 2 saturated heterocycles. The Morgan fingerprint density at radius 3 is 2.29 bits per heavy atom. The number of alkyl carbamates (subject to hydrolysis) is 1. The average Bonchev–Trinajstić information content (AvgIpc) is 2.94. The van der Waals surface area contributed by atoms with Crippen LogP contribution >= 0.6 is 0 Å². The van der Waals surface area contributed by atoms with Crippen LogP contribution in [-0.2, 0) is 14.3 Å². The van der Waals surface area contributed by atoms with Crippen LogP contribution in [0.25, 0.3) is 0 Å². The minimum Gasteiger partial charge on any atom is -0.442 e. The van der Waals surface area contributed by atoms with Crippen LogP contribution in [0, 0.1) is 11.6 Å². The van der Waals surface area contributed by atoms with Crippen LogP contribution < -0.4 is 15.5 Å². The summed E-state index contributed by atoms with van der Waals surface area (Å²) in [6, 6.07) is 2.52. The molecule has 0 spiro atoms. The first-order valence-electron chi connectivity index (χ1n) is 11.0. The van der Waals surface area contributed by atoms with Gasteiger partial charge in [-0.25, -0.2) is 13.6 Å². The highest BCUT2D eigenvalue weighted by molar-refractivity contribution is 6.01. The minimum absolute atomic E-state index is 0.0467. The molecule has 1 saturated carbocycles. The lowest BCUT2D eigenvalue weighted by Gasteiger charge is -2.40. The van der Waals surface area contributed by atoms with E-state index in [9.17, 15) is 23.2 Å². The van der Waals surface area contributed by atoms with Gasteiger partial charge in [0.05, 0.1) is 19.0 Å². The molecule has 0 aromatic heterocycles. The fraction of sp³-hybridized carbons (Fsp3) is 0.591. The third-order valence-corrected chi connectivity index (χ3v) is 6.32. The fourth-order valence-electron chi connectivity index (χ4n) is 4.55. The Bertz CT molecular complexity index is 841. The van der Waals surface area contributed by atoms with E-state index in [0.29, 0.717) is 18.8 Å². The zero-order chi connectivity index (χ0) is 22.0. The predicted octanol–water partition coefficient (Wildman–Crippen LogP) is 3.12. The number of amides is 3. The van der Waals surface area contributed by atoms with Crippen molar-refractivity contribution in [1.82, 2.24) is 10.6 Å². The summed E-state index contributed by atoms with van der Waals surface area (Å²) in [5.74, 6) is -3.78. The summed E-state index contributed by atoms with van der Waals surface area (Å²) in [6.07, 6.45) is 5.86. The number of carbonyl (C=O) groups excluding carboxylic acids is 3. The van der Waals surface area contributed by atoms with Crippen LogP contribution in [0.3, 0.4) is 0 Å². The molecule has 0 radical (unpaired) electrons. The molecule has 31 heavy (non-hydrogen) atoms. The first-order valence-corrected chi connectivity index (χ1v) is 11.0. The number of nitrogens with zero attached hydrogens (tertiary/aromatic N) is 1. The number of imide groups is 1. The number of hydrogen-bond donors (Lipinski definition) is 2. The quantitative estimate of drug-likeness (QED) is 0.561. The lowest BCUT2D eigenvalue weighted by molar-refractivity contribution is -0.134. The molecule has 7 nitrogen and oxygen atoms in total. The fourth-order valence-corrected chi connectivity index (χ4v) is 4.55. The molecule has 168 valence electrons. The Labute approximate surface area is 179 Å². The van der Waals surface area contributed by atoms with Gasteiger partial charge in [0, 0.05) is 23.7 Å². The Morgan fingerprint density at radius 1 is 1.03 bits per heavy atom. The van der Waals surface area contributed by atoms with Crippen LogP contribution in [0.1, 0.15) is 62.8 Å². The first-order chi connectivity index (χ1) is 14.9. The Morgan fingerprint density at radius 2 is 1.68 bits per heavy atom. The van der Waals surface area contributed by atoms with Crippen molar-refractivity contribution in [1.29, 1.82) is 0 Å².